The van der Waals surface area contributed by atoms with Crippen LogP contribution in [0.15, 0.2) is 42.5 Å². The van der Waals surface area contributed by atoms with Gasteiger partial charge in [0, 0.05) is 25.0 Å². The molecule has 2 aliphatic carbocycles. The van der Waals surface area contributed by atoms with Crippen molar-refractivity contribution < 1.29 is 14.3 Å². The van der Waals surface area contributed by atoms with Gasteiger partial charge >= 0.3 is 0 Å². The number of benzene rings is 2. The van der Waals surface area contributed by atoms with Crippen molar-refractivity contribution in [2.45, 2.75) is 63.0 Å². The van der Waals surface area contributed by atoms with Crippen LogP contribution in [0, 0.1) is 5.92 Å². The summed E-state index contributed by atoms with van der Waals surface area (Å²) in [6.45, 7) is 2.20. The Labute approximate surface area is 179 Å². The van der Waals surface area contributed by atoms with E-state index in [1.807, 2.05) is 6.07 Å². The molecular weight excluding hydrogens is 374 g/mol. The number of nitrogens with two attached hydrogens (primary N) is 1. The zero-order chi connectivity index (χ0) is 21.3. The molecule has 2 aromatic rings. The number of ketones is 1. The summed E-state index contributed by atoms with van der Waals surface area (Å²) in [6, 6.07) is 14.8. The number of hydrogen-bond acceptors (Lipinski definition) is 4. The molecule has 0 radical (unpaired) electrons. The Morgan fingerprint density at radius 2 is 1.87 bits per heavy atom. The van der Waals surface area contributed by atoms with Gasteiger partial charge in [-0.25, -0.2) is 0 Å². The quantitative estimate of drug-likeness (QED) is 0.786. The smallest absolute Gasteiger partial charge is 0.162 e. The van der Waals surface area contributed by atoms with E-state index in [4.69, 9.17) is 15.2 Å². The maximum atomic E-state index is 13.0. The molecule has 2 N–H and O–H groups in total. The minimum Gasteiger partial charge on any atom is -0.496 e. The number of ether oxygens (including phenoxy) is 2. The molecule has 1 saturated carbocycles. The first kappa shape index (κ1) is 21.1. The predicted octanol–water partition coefficient (Wildman–Crippen LogP) is 4.01. The second kappa shape index (κ2) is 8.52. The Hall–Kier alpha value is -2.17. The van der Waals surface area contributed by atoms with Gasteiger partial charge in [-0.15, -0.1) is 0 Å². The van der Waals surface area contributed by atoms with Gasteiger partial charge in [-0.3, -0.25) is 4.79 Å². The summed E-state index contributed by atoms with van der Waals surface area (Å²) < 4.78 is 11.4. The number of rotatable bonds is 6. The van der Waals surface area contributed by atoms with Gasteiger partial charge in [-0.2, -0.15) is 0 Å². The number of fused-ring (bicyclic) bond motifs is 3. The zero-order valence-electron chi connectivity index (χ0n) is 18.3. The minimum absolute atomic E-state index is 0.0403. The topological polar surface area (TPSA) is 61.5 Å². The molecule has 4 atom stereocenters. The van der Waals surface area contributed by atoms with Crippen LogP contribution in [0.4, 0.5) is 0 Å². The Bertz CT molecular complexity index is 910. The number of methoxy groups -OCH3 is 2. The lowest BCUT2D eigenvalue weighted by Gasteiger charge is -2.52. The van der Waals surface area contributed by atoms with Crippen molar-refractivity contribution in [2.75, 3.05) is 14.2 Å². The van der Waals surface area contributed by atoms with Crippen LogP contribution in [0.1, 0.15) is 48.4 Å². The molecule has 30 heavy (non-hydrogen) atoms. The molecule has 4 heteroatoms. The molecule has 0 saturated heterocycles. The van der Waals surface area contributed by atoms with E-state index in [9.17, 15) is 4.79 Å². The predicted molar refractivity (Wildman–Crippen MR) is 119 cm³/mol. The summed E-state index contributed by atoms with van der Waals surface area (Å²) in [5, 5.41) is 0. The standard InChI is InChI=1S/C26H33NO3/c1-4-26-16-22(28)24(30-3)15-20(26)21(27)14-18-11-13-23(29-2)19(25(18)26)12-10-17-8-6-5-7-9-17/h5-9,11,13,20-21,24H,4,10,12,14-16,27H2,1-3H3/t20?,21?,24?,26-/m1/s1. The largest absolute Gasteiger partial charge is 0.496 e. The van der Waals surface area contributed by atoms with Crippen LogP contribution in [0.5, 0.6) is 5.75 Å². The molecule has 4 nitrogen and oxygen atoms in total. The Balaban J connectivity index is 1.82. The second-order valence-electron chi connectivity index (χ2n) is 8.85. The van der Waals surface area contributed by atoms with E-state index in [1.165, 1.54) is 22.3 Å². The second-order valence-corrected chi connectivity index (χ2v) is 8.85. The van der Waals surface area contributed by atoms with Crippen LogP contribution >= 0.6 is 0 Å². The molecule has 2 aliphatic rings. The van der Waals surface area contributed by atoms with E-state index in [1.54, 1.807) is 14.2 Å². The van der Waals surface area contributed by atoms with E-state index < -0.39 is 0 Å². The summed E-state index contributed by atoms with van der Waals surface area (Å²) in [5.74, 6) is 1.36. The molecule has 0 heterocycles. The first-order valence-corrected chi connectivity index (χ1v) is 11.1. The van der Waals surface area contributed by atoms with Crippen molar-refractivity contribution in [1.29, 1.82) is 0 Å². The van der Waals surface area contributed by atoms with Crippen molar-refractivity contribution in [3.8, 4) is 5.75 Å². The summed E-state index contributed by atoms with van der Waals surface area (Å²) >= 11 is 0. The summed E-state index contributed by atoms with van der Waals surface area (Å²) in [6.07, 6.45) is 4.44. The van der Waals surface area contributed by atoms with Crippen LogP contribution in [0.3, 0.4) is 0 Å². The van der Waals surface area contributed by atoms with E-state index in [-0.39, 0.29) is 29.3 Å². The van der Waals surface area contributed by atoms with Crippen LogP contribution in [-0.4, -0.2) is 32.1 Å². The van der Waals surface area contributed by atoms with Crippen LogP contribution in [0.2, 0.25) is 0 Å². The fourth-order valence-electron chi connectivity index (χ4n) is 6.01. The van der Waals surface area contributed by atoms with Crippen molar-refractivity contribution in [1.82, 2.24) is 0 Å². The molecule has 160 valence electrons. The number of carbonyl (C=O) groups excluding carboxylic acids is 1. The Morgan fingerprint density at radius 1 is 1.10 bits per heavy atom. The van der Waals surface area contributed by atoms with E-state index in [0.717, 1.165) is 31.4 Å². The van der Waals surface area contributed by atoms with Gasteiger partial charge in [-0.05, 0) is 66.3 Å². The molecule has 0 bridgehead atoms. The lowest BCUT2D eigenvalue weighted by atomic mass is 9.53. The summed E-state index contributed by atoms with van der Waals surface area (Å²) in [4.78, 5) is 13.0. The number of aryl methyl sites for hydroxylation is 1. The first-order valence-electron chi connectivity index (χ1n) is 11.1. The molecule has 4 rings (SSSR count). The number of Topliss-reactive ketones (excluding diaryl/α,β-unsaturated/α-hetero) is 1. The summed E-state index contributed by atoms with van der Waals surface area (Å²) in [5.41, 5.74) is 11.7. The van der Waals surface area contributed by atoms with Crippen LogP contribution < -0.4 is 10.5 Å². The van der Waals surface area contributed by atoms with Gasteiger partial charge in [0.25, 0.3) is 0 Å². The maximum absolute atomic E-state index is 13.0. The fraction of sp³-hybridized carbons (Fsp3) is 0.500. The van der Waals surface area contributed by atoms with Gasteiger partial charge in [0.15, 0.2) is 5.78 Å². The molecule has 0 aromatic heterocycles. The fourth-order valence-corrected chi connectivity index (χ4v) is 6.01. The number of hydrogen-bond donors (Lipinski definition) is 1. The van der Waals surface area contributed by atoms with Crippen molar-refractivity contribution >= 4 is 5.78 Å². The lowest BCUT2D eigenvalue weighted by molar-refractivity contribution is -0.137. The normalized spacial score (nSPS) is 28.0. The third-order valence-electron chi connectivity index (χ3n) is 7.49. The van der Waals surface area contributed by atoms with Gasteiger partial charge in [0.2, 0.25) is 0 Å². The third-order valence-corrected chi connectivity index (χ3v) is 7.49. The van der Waals surface area contributed by atoms with Crippen LogP contribution in [-0.2, 0) is 34.2 Å². The molecule has 2 aromatic carbocycles. The van der Waals surface area contributed by atoms with Crippen molar-refractivity contribution in [2.24, 2.45) is 11.7 Å². The highest BCUT2D eigenvalue weighted by Gasteiger charge is 2.53. The monoisotopic (exact) mass is 407 g/mol. The average Bonchev–Trinajstić information content (AvgIpc) is 2.77. The molecule has 3 unspecified atom stereocenters. The van der Waals surface area contributed by atoms with Crippen molar-refractivity contribution in [3.05, 3.63) is 64.7 Å². The third kappa shape index (κ3) is 3.46. The zero-order valence-corrected chi connectivity index (χ0v) is 18.3. The molecule has 0 amide bonds. The highest BCUT2D eigenvalue weighted by atomic mass is 16.5. The maximum Gasteiger partial charge on any atom is 0.162 e. The van der Waals surface area contributed by atoms with Crippen LogP contribution in [0.25, 0.3) is 0 Å². The SMILES string of the molecule is CC[C@@]12CC(=O)C(OC)CC1C(N)Cc1ccc(OC)c(CCc3ccccc3)c12. The summed E-state index contributed by atoms with van der Waals surface area (Å²) in [7, 11) is 3.38. The number of carbonyl (C=O) groups is 1. The average molecular weight is 408 g/mol. The highest BCUT2D eigenvalue weighted by Crippen LogP contribution is 2.53. The first-order chi connectivity index (χ1) is 14.5. The molecule has 1 fully saturated rings. The van der Waals surface area contributed by atoms with E-state index in [2.05, 4.69) is 43.3 Å². The molecule has 0 aliphatic heterocycles. The van der Waals surface area contributed by atoms with E-state index in [0.29, 0.717) is 12.8 Å². The van der Waals surface area contributed by atoms with Gasteiger partial charge in [-0.1, -0.05) is 43.3 Å². The lowest BCUT2D eigenvalue weighted by Crippen LogP contribution is -2.57. The van der Waals surface area contributed by atoms with Gasteiger partial charge < -0.3 is 15.2 Å². The highest BCUT2D eigenvalue weighted by molar-refractivity contribution is 5.86. The van der Waals surface area contributed by atoms with Crippen molar-refractivity contribution in [3.63, 3.8) is 0 Å². The molecule has 0 spiro atoms. The molecular formula is C26H33NO3. The van der Waals surface area contributed by atoms with Gasteiger partial charge in [0.1, 0.15) is 11.9 Å². The van der Waals surface area contributed by atoms with E-state index >= 15 is 0 Å². The Kier molecular flexibility index (Phi) is 5.99. The minimum atomic E-state index is -0.333. The Morgan fingerprint density at radius 3 is 2.53 bits per heavy atom. The van der Waals surface area contributed by atoms with Gasteiger partial charge in [0.05, 0.1) is 7.11 Å².